The van der Waals surface area contributed by atoms with Crippen LogP contribution in [0.15, 0.2) is 0 Å². The summed E-state index contributed by atoms with van der Waals surface area (Å²) < 4.78 is 41.6. The van der Waals surface area contributed by atoms with Gasteiger partial charge in [-0.2, -0.15) is 0 Å². The predicted octanol–water partition coefficient (Wildman–Crippen LogP) is 7.31. The van der Waals surface area contributed by atoms with Crippen LogP contribution in [0.5, 0.6) is 0 Å². The number of ketones is 1. The van der Waals surface area contributed by atoms with E-state index in [1.807, 2.05) is 13.8 Å². The van der Waals surface area contributed by atoms with Crippen molar-refractivity contribution in [3.05, 3.63) is 0 Å². The summed E-state index contributed by atoms with van der Waals surface area (Å²) in [6.45, 7) is 15.8. The van der Waals surface area contributed by atoms with Gasteiger partial charge >= 0.3 is 17.9 Å². The van der Waals surface area contributed by atoms with E-state index < -0.39 is 110 Å². The Morgan fingerprint density at radius 3 is 1.64 bits per heavy atom. The molecule has 0 saturated carbocycles. The van der Waals surface area contributed by atoms with Gasteiger partial charge in [-0.25, -0.2) is 0 Å². The third kappa shape index (κ3) is 26.0. The van der Waals surface area contributed by atoms with Crippen molar-refractivity contribution in [1.29, 1.82) is 0 Å². The molecule has 2 fully saturated rings. The molecule has 2 aliphatic heterocycles. The number of unbranched alkanes of at least 4 members (excludes halogenated alkanes) is 12. The number of hydrogen-bond acceptors (Lipinski definition) is 17. The van der Waals surface area contributed by atoms with Gasteiger partial charge < -0.3 is 64.0 Å². The number of ether oxygens (including phenoxy) is 7. The van der Waals surface area contributed by atoms with Gasteiger partial charge in [0, 0.05) is 25.7 Å². The number of amides is 1. The molecule has 18 nitrogen and oxygen atoms in total. The van der Waals surface area contributed by atoms with E-state index in [9.17, 15) is 49.5 Å². The van der Waals surface area contributed by atoms with Crippen LogP contribution in [-0.4, -0.2) is 149 Å². The fraction of sp³-hybridized carbons (Fsp3) is 0.911. The molecule has 74 heavy (non-hydrogen) atoms. The van der Waals surface area contributed by atoms with Crippen LogP contribution < -0.4 is 5.32 Å². The SMILES string of the molecule is CCCCCCCC(COC1OC(C)C(O)C(OC2OC(C)C(C)C(OC(C)=O)C2O)C1O)CC(=O)OC(CCCCCCC)CC(=O)OC(CCCCCCC)CC(=O)CC(CO)C(=O)NC(CO)CC(C)C. The fourth-order valence-electron chi connectivity index (χ4n) is 9.76. The maximum absolute atomic E-state index is 13.9. The second-order valence-corrected chi connectivity index (χ2v) is 21.7. The third-order valence-corrected chi connectivity index (χ3v) is 14.4. The molecule has 2 rings (SSSR count). The van der Waals surface area contributed by atoms with Crippen molar-refractivity contribution >= 4 is 29.6 Å². The Hall–Kier alpha value is -2.81. The highest BCUT2D eigenvalue weighted by Crippen LogP contribution is 2.33. The van der Waals surface area contributed by atoms with E-state index in [2.05, 4.69) is 26.1 Å². The number of rotatable bonds is 40. The number of Topliss-reactive ketones (excluding diaryl/α,β-unsaturated/α-hetero) is 1. The number of aliphatic hydroxyl groups excluding tert-OH is 5. The Balaban J connectivity index is 2.24. The lowest BCUT2D eigenvalue weighted by Crippen LogP contribution is -2.62. The Bertz CT molecular complexity index is 1570. The Labute approximate surface area is 443 Å². The van der Waals surface area contributed by atoms with Gasteiger partial charge in [0.05, 0.1) is 56.8 Å². The van der Waals surface area contributed by atoms with Crippen molar-refractivity contribution in [2.75, 3.05) is 19.8 Å². The fourth-order valence-corrected chi connectivity index (χ4v) is 9.76. The standard InChI is InChI=1S/C56H101NO17/c1-10-13-16-19-22-25-41(35-68-55-51(66)53(49(64)39(8)70-55)74-56-50(65)52(71-40(9)60)37(6)38(7)69-56)29-47(62)73-46(27-24-21-18-15-12-3)32-48(63)72-45(26-23-20-17-14-11-2)31-44(61)30-42(33-58)54(67)57-43(34-59)28-36(4)5/h36-39,41-43,45-46,49-53,55-56,58-59,64-66H,10-35H2,1-9H3,(H,57,67). The van der Waals surface area contributed by atoms with E-state index in [0.29, 0.717) is 38.5 Å². The Morgan fingerprint density at radius 1 is 0.595 bits per heavy atom. The Morgan fingerprint density at radius 2 is 1.11 bits per heavy atom. The number of nitrogens with one attached hydrogen (secondary N) is 1. The van der Waals surface area contributed by atoms with Crippen molar-refractivity contribution in [3.63, 3.8) is 0 Å². The summed E-state index contributed by atoms with van der Waals surface area (Å²) >= 11 is 0. The van der Waals surface area contributed by atoms with E-state index in [4.69, 9.17) is 33.2 Å². The van der Waals surface area contributed by atoms with Crippen LogP contribution >= 0.6 is 0 Å². The molecule has 0 aromatic rings. The predicted molar refractivity (Wildman–Crippen MR) is 278 cm³/mol. The van der Waals surface area contributed by atoms with E-state index in [1.165, 1.54) is 6.92 Å². The van der Waals surface area contributed by atoms with E-state index >= 15 is 0 Å². The van der Waals surface area contributed by atoms with Crippen LogP contribution in [0.4, 0.5) is 0 Å². The smallest absolute Gasteiger partial charge is 0.309 e. The molecule has 0 aliphatic carbocycles. The molecular weight excluding hydrogens is 959 g/mol. The first-order valence-corrected chi connectivity index (χ1v) is 28.5. The molecule has 1 amide bonds. The van der Waals surface area contributed by atoms with Crippen molar-refractivity contribution < 1.29 is 82.7 Å². The quantitative estimate of drug-likeness (QED) is 0.0200. The first kappa shape index (κ1) is 67.3. The van der Waals surface area contributed by atoms with Gasteiger partial charge in [-0.1, -0.05) is 125 Å². The molecule has 0 spiro atoms. The summed E-state index contributed by atoms with van der Waals surface area (Å²) in [5.41, 5.74) is 0. The second-order valence-electron chi connectivity index (χ2n) is 21.7. The van der Waals surface area contributed by atoms with Crippen molar-refractivity contribution in [2.24, 2.45) is 23.7 Å². The molecule has 2 saturated heterocycles. The van der Waals surface area contributed by atoms with Gasteiger partial charge in [0.1, 0.15) is 48.5 Å². The lowest BCUT2D eigenvalue weighted by atomic mass is 9.91. The molecular formula is C56H101NO17. The summed E-state index contributed by atoms with van der Waals surface area (Å²) in [6.07, 6.45) is 3.29. The van der Waals surface area contributed by atoms with Crippen molar-refractivity contribution in [2.45, 2.75) is 284 Å². The molecule has 2 aliphatic rings. The zero-order valence-electron chi connectivity index (χ0n) is 46.8. The molecule has 0 aromatic carbocycles. The lowest BCUT2D eigenvalue weighted by Gasteiger charge is -2.46. The highest BCUT2D eigenvalue weighted by atomic mass is 16.7. The molecule has 432 valence electrons. The average molecular weight is 1060 g/mol. The average Bonchev–Trinajstić information content (AvgIpc) is 3.34. The number of carbonyl (C=O) groups is 5. The Kier molecular flexibility index (Phi) is 34.4. The summed E-state index contributed by atoms with van der Waals surface area (Å²) in [4.78, 5) is 66.2. The minimum Gasteiger partial charge on any atom is -0.462 e. The molecule has 6 N–H and O–H groups in total. The molecule has 18 heteroatoms. The van der Waals surface area contributed by atoms with Crippen molar-refractivity contribution in [3.8, 4) is 0 Å². The first-order valence-electron chi connectivity index (χ1n) is 28.5. The van der Waals surface area contributed by atoms with Crippen LogP contribution in [0.25, 0.3) is 0 Å². The maximum Gasteiger partial charge on any atom is 0.309 e. The summed E-state index contributed by atoms with van der Waals surface area (Å²) in [7, 11) is 0. The van der Waals surface area contributed by atoms with Crippen LogP contribution in [0, 0.1) is 23.7 Å². The third-order valence-electron chi connectivity index (χ3n) is 14.4. The maximum atomic E-state index is 13.9. The lowest BCUT2D eigenvalue weighted by molar-refractivity contribution is -0.351. The van der Waals surface area contributed by atoms with E-state index in [1.54, 1.807) is 20.8 Å². The van der Waals surface area contributed by atoms with Crippen molar-refractivity contribution in [1.82, 2.24) is 5.32 Å². The summed E-state index contributed by atoms with van der Waals surface area (Å²) in [5.74, 6) is -4.17. The summed E-state index contributed by atoms with van der Waals surface area (Å²) in [6, 6.07) is -0.509. The molecule has 0 aromatic heterocycles. The normalized spacial score (nSPS) is 26.1. The highest BCUT2D eigenvalue weighted by molar-refractivity contribution is 5.87. The first-order chi connectivity index (χ1) is 35.3. The van der Waals surface area contributed by atoms with Crippen LogP contribution in [0.1, 0.15) is 210 Å². The molecule has 0 radical (unpaired) electrons. The highest BCUT2D eigenvalue weighted by Gasteiger charge is 2.50. The monoisotopic (exact) mass is 1060 g/mol. The van der Waals surface area contributed by atoms with Crippen LogP contribution in [0.2, 0.25) is 0 Å². The largest absolute Gasteiger partial charge is 0.462 e. The molecule has 0 bridgehead atoms. The van der Waals surface area contributed by atoms with E-state index in [0.717, 1.165) is 83.5 Å². The minimum absolute atomic E-state index is 0.0256. The topological polar surface area (TPSA) is 263 Å². The summed E-state index contributed by atoms with van der Waals surface area (Å²) in [5, 5.41) is 56.5. The second kappa shape index (κ2) is 37.9. The number of aliphatic hydroxyl groups is 5. The minimum atomic E-state index is -1.55. The van der Waals surface area contributed by atoms with Gasteiger partial charge in [0.2, 0.25) is 5.91 Å². The van der Waals surface area contributed by atoms with Gasteiger partial charge in [0.15, 0.2) is 12.6 Å². The zero-order valence-corrected chi connectivity index (χ0v) is 46.8. The molecule has 2 heterocycles. The van der Waals surface area contributed by atoms with Gasteiger partial charge in [-0.3, -0.25) is 24.0 Å². The molecule has 15 atom stereocenters. The van der Waals surface area contributed by atoms with Gasteiger partial charge in [-0.05, 0) is 64.2 Å². The van der Waals surface area contributed by atoms with Crippen LogP contribution in [0.3, 0.4) is 0 Å². The van der Waals surface area contributed by atoms with E-state index in [-0.39, 0.29) is 62.4 Å². The van der Waals surface area contributed by atoms with Gasteiger partial charge in [-0.15, -0.1) is 0 Å². The number of carbonyl (C=O) groups excluding carboxylic acids is 5. The zero-order chi connectivity index (χ0) is 55.2. The number of esters is 3. The number of hydrogen-bond donors (Lipinski definition) is 6. The van der Waals surface area contributed by atoms with Crippen LogP contribution in [-0.2, 0) is 57.1 Å². The van der Waals surface area contributed by atoms with Gasteiger partial charge in [0.25, 0.3) is 0 Å². The molecule has 15 unspecified atom stereocenters.